The highest BCUT2D eigenvalue weighted by Crippen LogP contribution is 2.26. The Kier molecular flexibility index (Phi) is 7.77. The van der Waals surface area contributed by atoms with Gasteiger partial charge in [0.1, 0.15) is 6.04 Å². The molecule has 1 fully saturated rings. The number of carbonyl (C=O) groups excluding carboxylic acids is 2. The lowest BCUT2D eigenvalue weighted by Gasteiger charge is -2.32. The predicted octanol–water partition coefficient (Wildman–Crippen LogP) is 4.32. The van der Waals surface area contributed by atoms with E-state index < -0.39 is 6.04 Å². The minimum absolute atomic E-state index is 0.0535. The lowest BCUT2D eigenvalue weighted by Crippen LogP contribution is -2.50. The molecule has 3 aromatic carbocycles. The summed E-state index contributed by atoms with van der Waals surface area (Å²) in [4.78, 5) is 30.7. The summed E-state index contributed by atoms with van der Waals surface area (Å²) in [5.74, 6) is 0.609. The van der Waals surface area contributed by atoms with Gasteiger partial charge in [-0.3, -0.25) is 9.59 Å². The van der Waals surface area contributed by atoms with Crippen LogP contribution in [0.1, 0.15) is 39.9 Å². The summed E-state index contributed by atoms with van der Waals surface area (Å²) < 4.78 is 0. The molecular weight excluding hydrogens is 446 g/mol. The van der Waals surface area contributed by atoms with Crippen LogP contribution in [-0.4, -0.2) is 53.8 Å². The van der Waals surface area contributed by atoms with E-state index in [9.17, 15) is 9.59 Å². The number of carbonyl (C=O) groups is 2. The molecule has 36 heavy (non-hydrogen) atoms. The van der Waals surface area contributed by atoms with Crippen molar-refractivity contribution in [3.8, 4) is 0 Å². The molecule has 186 valence electrons. The van der Waals surface area contributed by atoms with Crippen molar-refractivity contribution in [2.45, 2.75) is 38.3 Å². The maximum Gasteiger partial charge on any atom is 0.255 e. The van der Waals surface area contributed by atoms with Crippen molar-refractivity contribution in [3.05, 3.63) is 107 Å². The number of hydrogen-bond acceptors (Lipinski definition) is 3. The van der Waals surface area contributed by atoms with Crippen LogP contribution in [-0.2, 0) is 24.2 Å². The summed E-state index contributed by atoms with van der Waals surface area (Å²) in [5, 5.41) is 3.15. The minimum atomic E-state index is -0.524. The molecule has 5 heteroatoms. The number of rotatable bonds is 9. The van der Waals surface area contributed by atoms with Crippen LogP contribution in [0, 0.1) is 5.92 Å². The average molecular weight is 482 g/mol. The average Bonchev–Trinajstić information content (AvgIpc) is 3.25. The number of nitrogens with zero attached hydrogens (tertiary/aromatic N) is 2. The number of likely N-dealkylation sites (tertiary alicyclic amines) is 1. The molecular formula is C31H35N3O2. The summed E-state index contributed by atoms with van der Waals surface area (Å²) in [6.45, 7) is 4.06. The fraction of sp³-hybridized carbons (Fsp3) is 0.355. The zero-order valence-electron chi connectivity index (χ0n) is 20.8. The first-order valence-corrected chi connectivity index (χ1v) is 13.1. The maximum absolute atomic E-state index is 13.4. The first kappa shape index (κ1) is 24.3. The van der Waals surface area contributed by atoms with Crippen molar-refractivity contribution in [1.82, 2.24) is 15.1 Å². The molecule has 1 atom stereocenters. The van der Waals surface area contributed by atoms with Gasteiger partial charge in [-0.05, 0) is 61.0 Å². The summed E-state index contributed by atoms with van der Waals surface area (Å²) in [7, 11) is 0. The molecule has 2 heterocycles. The Morgan fingerprint density at radius 2 is 1.50 bits per heavy atom. The molecule has 2 aliphatic heterocycles. The Labute approximate surface area is 214 Å². The topological polar surface area (TPSA) is 52.7 Å². The summed E-state index contributed by atoms with van der Waals surface area (Å²) in [5.41, 5.74) is 4.18. The van der Waals surface area contributed by atoms with Gasteiger partial charge in [0.05, 0.1) is 0 Å². The first-order valence-electron chi connectivity index (χ1n) is 13.1. The van der Waals surface area contributed by atoms with Gasteiger partial charge in [0.15, 0.2) is 0 Å². The molecule has 0 bridgehead atoms. The van der Waals surface area contributed by atoms with Crippen molar-refractivity contribution in [2.75, 3.05) is 26.2 Å². The van der Waals surface area contributed by atoms with Crippen LogP contribution < -0.4 is 5.32 Å². The number of amides is 2. The van der Waals surface area contributed by atoms with Gasteiger partial charge < -0.3 is 15.1 Å². The summed E-state index contributed by atoms with van der Waals surface area (Å²) in [6.07, 6.45) is 4.05. The second-order valence-corrected chi connectivity index (χ2v) is 10.1. The van der Waals surface area contributed by atoms with Crippen LogP contribution >= 0.6 is 0 Å². The highest BCUT2D eigenvalue weighted by molar-refractivity contribution is 6.01. The second-order valence-electron chi connectivity index (χ2n) is 10.1. The first-order chi connectivity index (χ1) is 17.7. The molecule has 1 N–H and O–H groups in total. The molecule has 0 spiro atoms. The molecule has 5 nitrogen and oxygen atoms in total. The van der Waals surface area contributed by atoms with E-state index in [2.05, 4.69) is 40.5 Å². The Bertz CT molecular complexity index is 1160. The van der Waals surface area contributed by atoms with Gasteiger partial charge in [-0.1, -0.05) is 78.9 Å². The van der Waals surface area contributed by atoms with Crippen LogP contribution in [0.25, 0.3) is 0 Å². The third-order valence-electron chi connectivity index (χ3n) is 7.60. The fourth-order valence-electron chi connectivity index (χ4n) is 5.53. The van der Waals surface area contributed by atoms with Gasteiger partial charge in [-0.25, -0.2) is 0 Å². The van der Waals surface area contributed by atoms with Crippen LogP contribution in [0.15, 0.2) is 84.9 Å². The standard InChI is InChI=1S/C31H35N3O2/c35-30(32-17-20-33-18-15-26(16-19-33)21-24-9-3-1-4-10-24)29(22-25-11-5-2-6-12-25)34-23-27-13-7-8-14-28(27)31(34)36/h1-14,26,29H,15-23H2,(H,32,35)/t29-/m1/s1. The van der Waals surface area contributed by atoms with E-state index in [0.717, 1.165) is 43.1 Å². The van der Waals surface area contributed by atoms with E-state index in [-0.39, 0.29) is 11.8 Å². The van der Waals surface area contributed by atoms with Crippen molar-refractivity contribution in [3.63, 3.8) is 0 Å². The zero-order chi connectivity index (χ0) is 24.7. The molecule has 2 amide bonds. The van der Waals surface area contributed by atoms with Crippen LogP contribution in [0.5, 0.6) is 0 Å². The smallest absolute Gasteiger partial charge is 0.255 e. The van der Waals surface area contributed by atoms with Crippen LogP contribution in [0.2, 0.25) is 0 Å². The van der Waals surface area contributed by atoms with E-state index in [1.54, 1.807) is 4.90 Å². The molecule has 0 radical (unpaired) electrons. The molecule has 5 rings (SSSR count). The lowest BCUT2D eigenvalue weighted by atomic mass is 9.90. The number of nitrogens with one attached hydrogen (secondary N) is 1. The molecule has 0 aliphatic carbocycles. The number of piperidine rings is 1. The molecule has 2 aliphatic rings. The van der Waals surface area contributed by atoms with Gasteiger partial charge in [-0.2, -0.15) is 0 Å². The molecule has 0 saturated carbocycles. The molecule has 0 aromatic heterocycles. The SMILES string of the molecule is O=C(NCCN1CCC(Cc2ccccc2)CC1)[C@@H](Cc1ccccc1)N1Cc2ccccc2C1=O. The number of hydrogen-bond donors (Lipinski definition) is 1. The second kappa shape index (κ2) is 11.5. The largest absolute Gasteiger partial charge is 0.353 e. The van der Waals surface area contributed by atoms with Crippen LogP contribution in [0.4, 0.5) is 0 Å². The molecule has 0 unspecified atom stereocenters. The Hall–Kier alpha value is -3.44. The van der Waals surface area contributed by atoms with E-state index in [0.29, 0.717) is 25.1 Å². The van der Waals surface area contributed by atoms with E-state index in [1.807, 2.05) is 54.6 Å². The summed E-state index contributed by atoms with van der Waals surface area (Å²) in [6, 6.07) is 27.9. The van der Waals surface area contributed by atoms with Crippen molar-refractivity contribution in [2.24, 2.45) is 5.92 Å². The number of benzene rings is 3. The summed E-state index contributed by atoms with van der Waals surface area (Å²) >= 11 is 0. The molecule has 1 saturated heterocycles. The lowest BCUT2D eigenvalue weighted by molar-refractivity contribution is -0.125. The Morgan fingerprint density at radius 3 is 2.19 bits per heavy atom. The van der Waals surface area contributed by atoms with Gasteiger partial charge in [-0.15, -0.1) is 0 Å². The van der Waals surface area contributed by atoms with E-state index in [1.165, 1.54) is 18.4 Å². The zero-order valence-corrected chi connectivity index (χ0v) is 20.8. The minimum Gasteiger partial charge on any atom is -0.353 e. The van der Waals surface area contributed by atoms with Gasteiger partial charge in [0.2, 0.25) is 5.91 Å². The highest BCUT2D eigenvalue weighted by atomic mass is 16.2. The number of fused-ring (bicyclic) bond motifs is 1. The highest BCUT2D eigenvalue weighted by Gasteiger charge is 2.36. The quantitative estimate of drug-likeness (QED) is 0.495. The third-order valence-corrected chi connectivity index (χ3v) is 7.60. The third kappa shape index (κ3) is 5.85. The van der Waals surface area contributed by atoms with E-state index >= 15 is 0 Å². The Morgan fingerprint density at radius 1 is 0.861 bits per heavy atom. The van der Waals surface area contributed by atoms with Gasteiger partial charge in [0, 0.05) is 31.6 Å². The van der Waals surface area contributed by atoms with Crippen LogP contribution in [0.3, 0.4) is 0 Å². The van der Waals surface area contributed by atoms with Crippen molar-refractivity contribution >= 4 is 11.8 Å². The maximum atomic E-state index is 13.4. The van der Waals surface area contributed by atoms with Crippen molar-refractivity contribution in [1.29, 1.82) is 0 Å². The van der Waals surface area contributed by atoms with E-state index in [4.69, 9.17) is 0 Å². The normalized spacial score (nSPS) is 17.1. The fourth-order valence-corrected chi connectivity index (χ4v) is 5.53. The monoisotopic (exact) mass is 481 g/mol. The van der Waals surface area contributed by atoms with Gasteiger partial charge >= 0.3 is 0 Å². The predicted molar refractivity (Wildman–Crippen MR) is 143 cm³/mol. The molecule has 3 aromatic rings. The van der Waals surface area contributed by atoms with Crippen molar-refractivity contribution < 1.29 is 9.59 Å². The van der Waals surface area contributed by atoms with Gasteiger partial charge in [0.25, 0.3) is 5.91 Å². The Balaban J connectivity index is 1.15.